The molecule has 2 N–H and O–H groups in total. The molecule has 0 aliphatic heterocycles. The van der Waals surface area contributed by atoms with E-state index >= 15 is 0 Å². The number of hydrogen-bond donors (Lipinski definition) is 2. The summed E-state index contributed by atoms with van der Waals surface area (Å²) in [6, 6.07) is 5.27. The van der Waals surface area contributed by atoms with Gasteiger partial charge in [-0.15, -0.1) is 0 Å². The van der Waals surface area contributed by atoms with Crippen molar-refractivity contribution in [2.45, 2.75) is 0 Å². The van der Waals surface area contributed by atoms with Crippen LogP contribution in [0.25, 0.3) is 0 Å². The standard InChI is InChI=1S/C11H12N4O3/c1-17-8-4-3-7(5-9(8)18-2)13-10-6-12-15-11(16)14-10/h3-6H,1-2H3,(H2,13,14,15,16). The van der Waals surface area contributed by atoms with Gasteiger partial charge in [0.05, 0.1) is 20.4 Å². The molecular weight excluding hydrogens is 236 g/mol. The lowest BCUT2D eigenvalue weighted by Crippen LogP contribution is -2.13. The fraction of sp³-hybridized carbons (Fsp3) is 0.182. The van der Waals surface area contributed by atoms with Crippen molar-refractivity contribution in [3.63, 3.8) is 0 Å². The molecule has 0 aliphatic carbocycles. The summed E-state index contributed by atoms with van der Waals surface area (Å²) >= 11 is 0. The van der Waals surface area contributed by atoms with Crippen LogP contribution in [-0.4, -0.2) is 29.4 Å². The maximum atomic E-state index is 11.0. The highest BCUT2D eigenvalue weighted by Crippen LogP contribution is 2.30. The Kier molecular flexibility index (Phi) is 3.42. The van der Waals surface area contributed by atoms with Crippen molar-refractivity contribution < 1.29 is 9.47 Å². The Balaban J connectivity index is 2.27. The average Bonchev–Trinajstić information content (AvgIpc) is 2.38. The summed E-state index contributed by atoms with van der Waals surface area (Å²) in [7, 11) is 3.11. The first-order valence-electron chi connectivity index (χ1n) is 5.13. The van der Waals surface area contributed by atoms with E-state index in [9.17, 15) is 4.79 Å². The van der Waals surface area contributed by atoms with E-state index < -0.39 is 5.69 Å². The number of H-pyrrole nitrogens is 1. The first-order chi connectivity index (χ1) is 8.72. The van der Waals surface area contributed by atoms with Crippen molar-refractivity contribution >= 4 is 11.5 Å². The van der Waals surface area contributed by atoms with Gasteiger partial charge in [-0.3, -0.25) is 0 Å². The van der Waals surface area contributed by atoms with Gasteiger partial charge in [-0.1, -0.05) is 0 Å². The zero-order chi connectivity index (χ0) is 13.0. The molecule has 7 nitrogen and oxygen atoms in total. The van der Waals surface area contributed by atoms with Crippen molar-refractivity contribution in [3.8, 4) is 11.5 Å². The molecule has 0 fully saturated rings. The molecule has 1 aromatic carbocycles. The minimum absolute atomic E-state index is 0.353. The third-order valence-corrected chi connectivity index (χ3v) is 2.22. The number of nitrogens with zero attached hydrogens (tertiary/aromatic N) is 2. The Hall–Kier alpha value is -2.57. The fourth-order valence-electron chi connectivity index (χ4n) is 1.43. The van der Waals surface area contributed by atoms with Crippen LogP contribution in [0, 0.1) is 0 Å². The van der Waals surface area contributed by atoms with E-state index in [0.717, 1.165) is 0 Å². The minimum atomic E-state index is -0.513. The quantitative estimate of drug-likeness (QED) is 0.836. The molecule has 1 heterocycles. The monoisotopic (exact) mass is 248 g/mol. The highest BCUT2D eigenvalue weighted by molar-refractivity contribution is 5.60. The molecule has 0 saturated carbocycles. The number of nitrogens with one attached hydrogen (secondary N) is 2. The summed E-state index contributed by atoms with van der Waals surface area (Å²) in [5.41, 5.74) is 0.202. The molecular formula is C11H12N4O3. The molecule has 2 aromatic rings. The van der Waals surface area contributed by atoms with Crippen molar-refractivity contribution in [1.29, 1.82) is 0 Å². The number of anilines is 2. The second kappa shape index (κ2) is 5.17. The number of hydrogen-bond acceptors (Lipinski definition) is 6. The molecule has 0 amide bonds. The molecule has 7 heteroatoms. The number of methoxy groups -OCH3 is 2. The molecule has 18 heavy (non-hydrogen) atoms. The first-order valence-corrected chi connectivity index (χ1v) is 5.13. The van der Waals surface area contributed by atoms with Crippen LogP contribution in [0.2, 0.25) is 0 Å². The summed E-state index contributed by atoms with van der Waals surface area (Å²) in [6.45, 7) is 0. The second-order valence-electron chi connectivity index (χ2n) is 3.37. The summed E-state index contributed by atoms with van der Waals surface area (Å²) in [4.78, 5) is 14.7. The Bertz CT molecular complexity index is 597. The van der Waals surface area contributed by atoms with Crippen molar-refractivity contribution in [2.75, 3.05) is 19.5 Å². The second-order valence-corrected chi connectivity index (χ2v) is 3.37. The van der Waals surface area contributed by atoms with Gasteiger partial charge in [-0.05, 0) is 12.1 Å². The topological polar surface area (TPSA) is 89.1 Å². The predicted octanol–water partition coefficient (Wildman–Crippen LogP) is 0.926. The SMILES string of the molecule is COc1ccc(Nc2cn[nH]c(=O)n2)cc1OC. The van der Waals surface area contributed by atoms with Crippen LogP contribution in [0.4, 0.5) is 11.5 Å². The molecule has 2 rings (SSSR count). The van der Waals surface area contributed by atoms with E-state index in [1.165, 1.54) is 6.20 Å². The largest absolute Gasteiger partial charge is 0.493 e. The van der Waals surface area contributed by atoms with Crippen LogP contribution in [0.5, 0.6) is 11.5 Å². The molecule has 0 unspecified atom stereocenters. The maximum absolute atomic E-state index is 11.0. The van der Waals surface area contributed by atoms with Crippen LogP contribution in [-0.2, 0) is 0 Å². The lowest BCUT2D eigenvalue weighted by molar-refractivity contribution is 0.355. The number of rotatable bonds is 4. The Labute approximate surface area is 103 Å². The Morgan fingerprint density at radius 1 is 1.22 bits per heavy atom. The third kappa shape index (κ3) is 2.57. The van der Waals surface area contributed by atoms with Crippen LogP contribution in [0.3, 0.4) is 0 Å². The van der Waals surface area contributed by atoms with E-state index in [4.69, 9.17) is 9.47 Å². The molecule has 0 radical (unpaired) electrons. The number of ether oxygens (including phenoxy) is 2. The van der Waals surface area contributed by atoms with Gasteiger partial charge in [-0.2, -0.15) is 10.1 Å². The van der Waals surface area contributed by atoms with Gasteiger partial charge in [0.1, 0.15) is 0 Å². The molecule has 0 saturated heterocycles. The third-order valence-electron chi connectivity index (χ3n) is 2.22. The summed E-state index contributed by atoms with van der Waals surface area (Å²) in [5.74, 6) is 1.56. The van der Waals surface area contributed by atoms with Crippen LogP contribution in [0.1, 0.15) is 0 Å². The molecule has 0 spiro atoms. The highest BCUT2D eigenvalue weighted by Gasteiger charge is 2.05. The first kappa shape index (κ1) is 11.9. The van der Waals surface area contributed by atoms with Gasteiger partial charge < -0.3 is 14.8 Å². The van der Waals surface area contributed by atoms with Crippen LogP contribution < -0.4 is 20.5 Å². The van der Waals surface area contributed by atoms with Crippen LogP contribution >= 0.6 is 0 Å². The van der Waals surface area contributed by atoms with E-state index in [1.807, 2.05) is 0 Å². The molecule has 0 bridgehead atoms. The van der Waals surface area contributed by atoms with Crippen molar-refractivity contribution in [2.24, 2.45) is 0 Å². The lowest BCUT2D eigenvalue weighted by atomic mass is 10.2. The summed E-state index contributed by atoms with van der Waals surface area (Å²) < 4.78 is 10.3. The van der Waals surface area contributed by atoms with E-state index in [2.05, 4.69) is 20.5 Å². The van der Waals surface area contributed by atoms with Gasteiger partial charge in [0, 0.05) is 11.8 Å². The lowest BCUT2D eigenvalue weighted by Gasteiger charge is -2.10. The molecule has 0 aliphatic rings. The van der Waals surface area contributed by atoms with E-state index in [1.54, 1.807) is 32.4 Å². The number of aromatic amines is 1. The normalized spacial score (nSPS) is 9.89. The van der Waals surface area contributed by atoms with Crippen LogP contribution in [0.15, 0.2) is 29.2 Å². The number of aromatic nitrogens is 3. The van der Waals surface area contributed by atoms with E-state index in [-0.39, 0.29) is 0 Å². The summed E-state index contributed by atoms with van der Waals surface area (Å²) in [5, 5.41) is 8.78. The Morgan fingerprint density at radius 3 is 2.67 bits per heavy atom. The number of benzene rings is 1. The predicted molar refractivity (Wildman–Crippen MR) is 65.5 cm³/mol. The van der Waals surface area contributed by atoms with Crippen molar-refractivity contribution in [3.05, 3.63) is 34.9 Å². The van der Waals surface area contributed by atoms with Gasteiger partial charge >= 0.3 is 5.69 Å². The zero-order valence-electron chi connectivity index (χ0n) is 9.93. The van der Waals surface area contributed by atoms with E-state index in [0.29, 0.717) is 23.0 Å². The molecule has 94 valence electrons. The van der Waals surface area contributed by atoms with Crippen molar-refractivity contribution in [1.82, 2.24) is 15.2 Å². The van der Waals surface area contributed by atoms with Gasteiger partial charge in [0.15, 0.2) is 17.3 Å². The average molecular weight is 248 g/mol. The van der Waals surface area contributed by atoms with Gasteiger partial charge in [0.2, 0.25) is 0 Å². The zero-order valence-corrected chi connectivity index (χ0v) is 9.93. The highest BCUT2D eigenvalue weighted by atomic mass is 16.5. The molecule has 0 atom stereocenters. The summed E-state index contributed by atoms with van der Waals surface area (Å²) in [6.07, 6.45) is 1.41. The van der Waals surface area contributed by atoms with Gasteiger partial charge in [0.25, 0.3) is 0 Å². The fourth-order valence-corrected chi connectivity index (χ4v) is 1.43. The minimum Gasteiger partial charge on any atom is -0.493 e. The molecule has 1 aromatic heterocycles. The van der Waals surface area contributed by atoms with Gasteiger partial charge in [-0.25, -0.2) is 9.89 Å². The maximum Gasteiger partial charge on any atom is 0.363 e. The smallest absolute Gasteiger partial charge is 0.363 e. The Morgan fingerprint density at radius 2 is 2.00 bits per heavy atom.